The lowest BCUT2D eigenvalue weighted by Crippen LogP contribution is -2.45. The summed E-state index contributed by atoms with van der Waals surface area (Å²) in [7, 11) is 1.69. The van der Waals surface area contributed by atoms with Gasteiger partial charge < -0.3 is 15.8 Å². The number of anilines is 1. The Morgan fingerprint density at radius 2 is 2.00 bits per heavy atom. The number of nitrogens with one attached hydrogen (secondary N) is 1. The molecule has 0 spiro atoms. The molecule has 2 rings (SSSR count). The Labute approximate surface area is 122 Å². The van der Waals surface area contributed by atoms with E-state index in [0.717, 1.165) is 17.4 Å². The highest BCUT2D eigenvalue weighted by Gasteiger charge is 2.31. The monoisotopic (exact) mass is 276 g/mol. The third kappa shape index (κ3) is 3.66. The van der Waals surface area contributed by atoms with Gasteiger partial charge in [0.15, 0.2) is 0 Å². The van der Waals surface area contributed by atoms with Crippen LogP contribution in [0.3, 0.4) is 0 Å². The van der Waals surface area contributed by atoms with E-state index in [4.69, 9.17) is 10.5 Å². The van der Waals surface area contributed by atoms with Crippen molar-refractivity contribution in [1.29, 1.82) is 0 Å². The number of hydrogen-bond acceptors (Lipinski definition) is 3. The molecule has 1 saturated carbocycles. The Kier molecular flexibility index (Phi) is 5.30. The second-order valence-corrected chi connectivity index (χ2v) is 6.04. The van der Waals surface area contributed by atoms with Gasteiger partial charge in [-0.2, -0.15) is 0 Å². The SMILES string of the molecule is CCC1CCCC(CN)(Nc2ccc(OC)cc2)CC1. The molecule has 1 aliphatic rings. The quantitative estimate of drug-likeness (QED) is 0.804. The first-order valence-corrected chi connectivity index (χ1v) is 7.83. The van der Waals surface area contributed by atoms with E-state index >= 15 is 0 Å². The summed E-state index contributed by atoms with van der Waals surface area (Å²) in [6.45, 7) is 3.01. The molecule has 112 valence electrons. The molecular formula is C17H28N2O. The molecule has 3 heteroatoms. The van der Waals surface area contributed by atoms with Crippen molar-refractivity contribution in [3.05, 3.63) is 24.3 Å². The molecule has 1 aromatic carbocycles. The van der Waals surface area contributed by atoms with Gasteiger partial charge in [0.05, 0.1) is 7.11 Å². The van der Waals surface area contributed by atoms with Crippen molar-refractivity contribution in [2.45, 2.75) is 51.0 Å². The first-order chi connectivity index (χ1) is 9.71. The van der Waals surface area contributed by atoms with Gasteiger partial charge in [-0.3, -0.25) is 0 Å². The van der Waals surface area contributed by atoms with E-state index < -0.39 is 0 Å². The zero-order valence-corrected chi connectivity index (χ0v) is 12.8. The van der Waals surface area contributed by atoms with Crippen LogP contribution in [0.2, 0.25) is 0 Å². The Balaban J connectivity index is 2.06. The van der Waals surface area contributed by atoms with Crippen LogP contribution >= 0.6 is 0 Å². The lowest BCUT2D eigenvalue weighted by Gasteiger charge is -2.34. The van der Waals surface area contributed by atoms with Crippen LogP contribution in [0.15, 0.2) is 24.3 Å². The predicted molar refractivity (Wildman–Crippen MR) is 85.3 cm³/mol. The number of benzene rings is 1. The molecule has 0 radical (unpaired) electrons. The fourth-order valence-corrected chi connectivity index (χ4v) is 3.25. The molecule has 2 unspecified atom stereocenters. The number of nitrogens with two attached hydrogens (primary N) is 1. The van der Waals surface area contributed by atoms with E-state index in [0.29, 0.717) is 6.54 Å². The van der Waals surface area contributed by atoms with Crippen molar-refractivity contribution >= 4 is 5.69 Å². The Morgan fingerprint density at radius 3 is 2.60 bits per heavy atom. The molecule has 0 bridgehead atoms. The van der Waals surface area contributed by atoms with Crippen molar-refractivity contribution in [3.8, 4) is 5.75 Å². The topological polar surface area (TPSA) is 47.3 Å². The summed E-state index contributed by atoms with van der Waals surface area (Å²) in [5, 5.41) is 3.70. The van der Waals surface area contributed by atoms with Crippen LogP contribution < -0.4 is 15.8 Å². The molecule has 3 nitrogen and oxygen atoms in total. The highest BCUT2D eigenvalue weighted by Crippen LogP contribution is 2.34. The summed E-state index contributed by atoms with van der Waals surface area (Å²) >= 11 is 0. The zero-order chi connectivity index (χ0) is 14.4. The van der Waals surface area contributed by atoms with E-state index in [9.17, 15) is 0 Å². The number of rotatable bonds is 5. The summed E-state index contributed by atoms with van der Waals surface area (Å²) in [6, 6.07) is 8.16. The second kappa shape index (κ2) is 6.98. The minimum atomic E-state index is 0.0680. The van der Waals surface area contributed by atoms with Gasteiger partial charge in [-0.1, -0.05) is 26.2 Å². The molecule has 1 aromatic rings. The van der Waals surface area contributed by atoms with Gasteiger partial charge in [-0.15, -0.1) is 0 Å². The van der Waals surface area contributed by atoms with Crippen LogP contribution in [0.1, 0.15) is 45.4 Å². The number of methoxy groups -OCH3 is 1. The largest absolute Gasteiger partial charge is 0.497 e. The third-order valence-corrected chi connectivity index (χ3v) is 4.77. The van der Waals surface area contributed by atoms with E-state index in [1.54, 1.807) is 7.11 Å². The van der Waals surface area contributed by atoms with Crippen LogP contribution in [0, 0.1) is 5.92 Å². The molecule has 0 heterocycles. The lowest BCUT2D eigenvalue weighted by atomic mass is 9.89. The minimum absolute atomic E-state index is 0.0680. The van der Waals surface area contributed by atoms with Crippen LogP contribution in [0.5, 0.6) is 5.75 Å². The van der Waals surface area contributed by atoms with Crippen LogP contribution in [0.25, 0.3) is 0 Å². The number of ether oxygens (including phenoxy) is 1. The Bertz CT molecular complexity index is 404. The van der Waals surface area contributed by atoms with Gasteiger partial charge in [0.1, 0.15) is 5.75 Å². The summed E-state index contributed by atoms with van der Waals surface area (Å²) in [6.07, 6.45) is 7.56. The van der Waals surface area contributed by atoms with Crippen LogP contribution in [0.4, 0.5) is 5.69 Å². The number of hydrogen-bond donors (Lipinski definition) is 2. The molecule has 20 heavy (non-hydrogen) atoms. The molecular weight excluding hydrogens is 248 g/mol. The lowest BCUT2D eigenvalue weighted by molar-refractivity contribution is 0.397. The summed E-state index contributed by atoms with van der Waals surface area (Å²) in [4.78, 5) is 0. The van der Waals surface area contributed by atoms with Gasteiger partial charge in [0.25, 0.3) is 0 Å². The molecule has 1 fully saturated rings. The van der Waals surface area contributed by atoms with Gasteiger partial charge in [0.2, 0.25) is 0 Å². The van der Waals surface area contributed by atoms with Crippen molar-refractivity contribution in [3.63, 3.8) is 0 Å². The molecule has 0 aromatic heterocycles. The fourth-order valence-electron chi connectivity index (χ4n) is 3.25. The first-order valence-electron chi connectivity index (χ1n) is 7.83. The maximum Gasteiger partial charge on any atom is 0.119 e. The van der Waals surface area contributed by atoms with Crippen LogP contribution in [-0.2, 0) is 0 Å². The molecule has 2 atom stereocenters. The highest BCUT2D eigenvalue weighted by atomic mass is 16.5. The minimum Gasteiger partial charge on any atom is -0.497 e. The fraction of sp³-hybridized carbons (Fsp3) is 0.647. The summed E-state index contributed by atoms with van der Waals surface area (Å²) < 4.78 is 5.21. The van der Waals surface area contributed by atoms with Gasteiger partial charge >= 0.3 is 0 Å². The van der Waals surface area contributed by atoms with Crippen molar-refractivity contribution in [2.24, 2.45) is 11.7 Å². The maximum absolute atomic E-state index is 6.11. The Hall–Kier alpha value is -1.22. The maximum atomic E-state index is 6.11. The summed E-state index contributed by atoms with van der Waals surface area (Å²) in [5.74, 6) is 1.77. The van der Waals surface area contributed by atoms with Crippen molar-refractivity contribution < 1.29 is 4.74 Å². The van der Waals surface area contributed by atoms with E-state index in [1.807, 2.05) is 12.1 Å². The van der Waals surface area contributed by atoms with Gasteiger partial charge in [0, 0.05) is 17.8 Å². The normalized spacial score (nSPS) is 26.9. The average molecular weight is 276 g/mol. The second-order valence-electron chi connectivity index (χ2n) is 6.04. The highest BCUT2D eigenvalue weighted by molar-refractivity contribution is 5.48. The van der Waals surface area contributed by atoms with E-state index in [1.165, 1.54) is 38.5 Å². The molecule has 0 saturated heterocycles. The molecule has 3 N–H and O–H groups in total. The average Bonchev–Trinajstić information content (AvgIpc) is 2.71. The van der Waals surface area contributed by atoms with Gasteiger partial charge in [-0.25, -0.2) is 0 Å². The molecule has 0 aliphatic heterocycles. The standard InChI is InChI=1S/C17H28N2O/c1-3-14-5-4-11-17(13-18,12-10-14)19-15-6-8-16(20-2)9-7-15/h6-9,14,19H,3-5,10-13,18H2,1-2H3. The first kappa shape index (κ1) is 15.2. The van der Waals surface area contributed by atoms with E-state index in [-0.39, 0.29) is 5.54 Å². The Morgan fingerprint density at radius 1 is 1.25 bits per heavy atom. The predicted octanol–water partition coefficient (Wildman–Crippen LogP) is 3.79. The van der Waals surface area contributed by atoms with Crippen LogP contribution in [-0.4, -0.2) is 19.2 Å². The smallest absolute Gasteiger partial charge is 0.119 e. The molecule has 0 amide bonds. The van der Waals surface area contributed by atoms with Crippen molar-refractivity contribution in [2.75, 3.05) is 19.0 Å². The molecule has 1 aliphatic carbocycles. The summed E-state index contributed by atoms with van der Waals surface area (Å²) in [5.41, 5.74) is 7.32. The van der Waals surface area contributed by atoms with E-state index in [2.05, 4.69) is 24.4 Å². The van der Waals surface area contributed by atoms with Crippen molar-refractivity contribution in [1.82, 2.24) is 0 Å². The third-order valence-electron chi connectivity index (χ3n) is 4.77. The zero-order valence-electron chi connectivity index (χ0n) is 12.8. The van der Waals surface area contributed by atoms with Gasteiger partial charge in [-0.05, 0) is 49.4 Å².